The maximum absolute atomic E-state index is 13.5. The zero-order chi connectivity index (χ0) is 25.3. The van der Waals surface area contributed by atoms with Crippen LogP contribution >= 0.6 is 0 Å². The van der Waals surface area contributed by atoms with Gasteiger partial charge in [-0.1, -0.05) is 91.0 Å². The SMILES string of the molecule is NC(=O)[C@@]1(NC(=O)c2ccccc2)[C@H](c2ccc([N+](=O)[O-])cc2)C1(c1ccccc1)c1ccccc1. The van der Waals surface area contributed by atoms with E-state index in [-0.39, 0.29) is 5.69 Å². The van der Waals surface area contributed by atoms with Crippen LogP contribution in [0.5, 0.6) is 0 Å². The topological polar surface area (TPSA) is 115 Å². The number of primary amides is 1. The Kier molecular flexibility index (Phi) is 5.60. The monoisotopic (exact) mass is 477 g/mol. The van der Waals surface area contributed by atoms with E-state index in [0.29, 0.717) is 11.1 Å². The van der Waals surface area contributed by atoms with Gasteiger partial charge in [-0.05, 0) is 28.8 Å². The summed E-state index contributed by atoms with van der Waals surface area (Å²) in [7, 11) is 0. The Hall–Kier alpha value is -4.78. The summed E-state index contributed by atoms with van der Waals surface area (Å²) >= 11 is 0. The van der Waals surface area contributed by atoms with Gasteiger partial charge in [0.1, 0.15) is 5.54 Å². The number of non-ortho nitro benzene ring substituents is 1. The Bertz CT molecular complexity index is 1380. The number of nitrogens with one attached hydrogen (secondary N) is 1. The summed E-state index contributed by atoms with van der Waals surface area (Å²) in [5, 5.41) is 14.3. The minimum atomic E-state index is -1.53. The smallest absolute Gasteiger partial charge is 0.269 e. The lowest BCUT2D eigenvalue weighted by Crippen LogP contribution is -2.52. The van der Waals surface area contributed by atoms with E-state index in [1.165, 1.54) is 12.1 Å². The molecule has 0 aromatic heterocycles. The average Bonchev–Trinajstić information content (AvgIpc) is 3.55. The van der Waals surface area contributed by atoms with Gasteiger partial charge in [0.15, 0.2) is 0 Å². The molecule has 7 nitrogen and oxygen atoms in total. The minimum absolute atomic E-state index is 0.0672. The molecule has 0 radical (unpaired) electrons. The highest BCUT2D eigenvalue weighted by Crippen LogP contribution is 2.71. The maximum atomic E-state index is 13.5. The number of hydrogen-bond donors (Lipinski definition) is 2. The standard InChI is InChI=1S/C29H23N3O4/c30-27(34)29(31-26(33)21-10-4-1-5-11-21)25(20-16-18-24(19-17-20)32(35)36)28(29,22-12-6-2-7-13-22)23-14-8-3-9-15-23/h1-19,25H,(H2,30,34)(H,31,33)/t25-,29+/m1/s1. The van der Waals surface area contributed by atoms with Gasteiger partial charge in [-0.2, -0.15) is 0 Å². The largest absolute Gasteiger partial charge is 0.368 e. The van der Waals surface area contributed by atoms with Crippen molar-refractivity contribution in [2.75, 3.05) is 0 Å². The summed E-state index contributed by atoms with van der Waals surface area (Å²) < 4.78 is 0. The van der Waals surface area contributed by atoms with E-state index < -0.39 is 33.6 Å². The molecule has 0 spiro atoms. The fraction of sp³-hybridized carbons (Fsp3) is 0.103. The number of amides is 2. The number of hydrogen-bond acceptors (Lipinski definition) is 4. The van der Waals surface area contributed by atoms with Crippen LogP contribution in [-0.2, 0) is 10.2 Å². The highest BCUT2D eigenvalue weighted by atomic mass is 16.6. The van der Waals surface area contributed by atoms with E-state index in [2.05, 4.69) is 5.32 Å². The van der Waals surface area contributed by atoms with Crippen LogP contribution in [-0.4, -0.2) is 22.3 Å². The number of nitro benzene ring substituents is 1. The zero-order valence-corrected chi connectivity index (χ0v) is 19.2. The maximum Gasteiger partial charge on any atom is 0.269 e. The number of nitrogens with zero attached hydrogens (tertiary/aromatic N) is 1. The van der Waals surface area contributed by atoms with E-state index in [9.17, 15) is 19.7 Å². The molecule has 3 N–H and O–H groups in total. The molecular weight excluding hydrogens is 454 g/mol. The lowest BCUT2D eigenvalue weighted by Gasteiger charge is -2.25. The quantitative estimate of drug-likeness (QED) is 0.304. The first-order valence-corrected chi connectivity index (χ1v) is 11.5. The van der Waals surface area contributed by atoms with Gasteiger partial charge in [0.25, 0.3) is 11.6 Å². The normalized spacial score (nSPS) is 19.7. The van der Waals surface area contributed by atoms with Gasteiger partial charge in [0.05, 0.1) is 10.3 Å². The van der Waals surface area contributed by atoms with Crippen molar-refractivity contribution in [3.63, 3.8) is 0 Å². The van der Waals surface area contributed by atoms with Crippen molar-refractivity contribution in [3.8, 4) is 0 Å². The number of benzene rings is 4. The van der Waals surface area contributed by atoms with Gasteiger partial charge in [-0.25, -0.2) is 0 Å². The molecule has 2 atom stereocenters. The summed E-state index contributed by atoms with van der Waals surface area (Å²) in [5.74, 6) is -1.74. The molecule has 36 heavy (non-hydrogen) atoms. The van der Waals surface area contributed by atoms with Gasteiger partial charge in [-0.15, -0.1) is 0 Å². The number of rotatable bonds is 7. The highest BCUT2D eigenvalue weighted by molar-refractivity contribution is 6.05. The number of nitrogens with two attached hydrogens (primary N) is 1. The van der Waals surface area contributed by atoms with E-state index in [1.54, 1.807) is 42.5 Å². The molecule has 2 amide bonds. The predicted molar refractivity (Wildman–Crippen MR) is 135 cm³/mol. The number of carbonyl (C=O) groups is 2. The lowest BCUT2D eigenvalue weighted by atomic mass is 9.81. The van der Waals surface area contributed by atoms with Crippen LogP contribution < -0.4 is 11.1 Å². The molecule has 4 aromatic rings. The summed E-state index contributed by atoms with van der Waals surface area (Å²) in [5.41, 5.74) is 6.16. The molecule has 0 unspecified atom stereocenters. The molecule has 1 saturated carbocycles. The lowest BCUT2D eigenvalue weighted by molar-refractivity contribution is -0.384. The Morgan fingerprint density at radius 2 is 1.22 bits per heavy atom. The Balaban J connectivity index is 1.77. The van der Waals surface area contributed by atoms with Gasteiger partial charge in [-0.3, -0.25) is 19.7 Å². The van der Waals surface area contributed by atoms with Crippen molar-refractivity contribution in [2.24, 2.45) is 5.73 Å². The minimum Gasteiger partial charge on any atom is -0.368 e. The molecule has 0 saturated heterocycles. The van der Waals surface area contributed by atoms with Crippen LogP contribution in [0.25, 0.3) is 0 Å². The van der Waals surface area contributed by atoms with Crippen molar-refractivity contribution in [3.05, 3.63) is 148 Å². The van der Waals surface area contributed by atoms with Crippen molar-refractivity contribution in [2.45, 2.75) is 16.9 Å². The molecule has 5 rings (SSSR count). The molecule has 178 valence electrons. The molecule has 0 bridgehead atoms. The van der Waals surface area contributed by atoms with E-state index in [0.717, 1.165) is 11.1 Å². The first-order chi connectivity index (χ1) is 17.4. The van der Waals surface area contributed by atoms with Crippen molar-refractivity contribution >= 4 is 17.5 Å². The van der Waals surface area contributed by atoms with Gasteiger partial charge >= 0.3 is 0 Å². The van der Waals surface area contributed by atoms with Crippen LogP contribution in [0.4, 0.5) is 5.69 Å². The fourth-order valence-electron chi connectivity index (χ4n) is 5.53. The highest BCUT2D eigenvalue weighted by Gasteiger charge is 2.82. The molecule has 1 fully saturated rings. The van der Waals surface area contributed by atoms with Gasteiger partial charge < -0.3 is 11.1 Å². The number of nitro groups is 1. The third kappa shape index (κ3) is 3.36. The third-order valence-corrected chi connectivity index (χ3v) is 7.04. The molecule has 7 heteroatoms. The second kappa shape index (κ2) is 8.78. The number of carbonyl (C=O) groups excluding carboxylic acids is 2. The predicted octanol–water partition coefficient (Wildman–Crippen LogP) is 4.33. The van der Waals surface area contributed by atoms with Crippen LogP contribution in [0, 0.1) is 10.1 Å². The summed E-state index contributed by atoms with van der Waals surface area (Å²) in [6.45, 7) is 0. The van der Waals surface area contributed by atoms with Crippen molar-refractivity contribution in [1.82, 2.24) is 5.32 Å². The molecule has 0 heterocycles. The van der Waals surface area contributed by atoms with E-state index >= 15 is 0 Å². The van der Waals surface area contributed by atoms with Crippen molar-refractivity contribution in [1.29, 1.82) is 0 Å². The second-order valence-electron chi connectivity index (χ2n) is 8.81. The summed E-state index contributed by atoms with van der Waals surface area (Å²) in [6.07, 6.45) is 0. The molecule has 4 aromatic carbocycles. The first kappa shape index (κ1) is 23.0. The Labute approximate surface area is 207 Å². The van der Waals surface area contributed by atoms with Crippen LogP contribution in [0.1, 0.15) is 33.0 Å². The third-order valence-electron chi connectivity index (χ3n) is 7.04. The van der Waals surface area contributed by atoms with E-state index in [1.807, 2.05) is 60.7 Å². The van der Waals surface area contributed by atoms with E-state index in [4.69, 9.17) is 5.73 Å². The summed E-state index contributed by atoms with van der Waals surface area (Å²) in [4.78, 5) is 37.7. The molecular formula is C29H23N3O4. The fourth-order valence-corrected chi connectivity index (χ4v) is 5.53. The molecule has 0 aliphatic heterocycles. The van der Waals surface area contributed by atoms with Gasteiger partial charge in [0, 0.05) is 23.6 Å². The zero-order valence-electron chi connectivity index (χ0n) is 19.2. The average molecular weight is 478 g/mol. The second-order valence-corrected chi connectivity index (χ2v) is 8.81. The molecule has 1 aliphatic rings. The molecule has 1 aliphatic carbocycles. The first-order valence-electron chi connectivity index (χ1n) is 11.5. The Morgan fingerprint density at radius 1 is 0.750 bits per heavy atom. The summed E-state index contributed by atoms with van der Waals surface area (Å²) in [6, 6.07) is 33.5. The van der Waals surface area contributed by atoms with Gasteiger partial charge in [0.2, 0.25) is 5.91 Å². The van der Waals surface area contributed by atoms with Crippen molar-refractivity contribution < 1.29 is 14.5 Å². The van der Waals surface area contributed by atoms with Crippen LogP contribution in [0.15, 0.2) is 115 Å². The Morgan fingerprint density at radius 3 is 1.67 bits per heavy atom. The van der Waals surface area contributed by atoms with Crippen LogP contribution in [0.2, 0.25) is 0 Å². The van der Waals surface area contributed by atoms with Crippen LogP contribution in [0.3, 0.4) is 0 Å².